The molecule has 0 spiro atoms. The fourth-order valence-corrected chi connectivity index (χ4v) is 1.71. The minimum absolute atomic E-state index is 0.136. The molecule has 0 saturated heterocycles. The third-order valence-corrected chi connectivity index (χ3v) is 2.38. The fourth-order valence-electron chi connectivity index (χ4n) is 1.51. The van der Waals surface area contributed by atoms with Crippen LogP contribution < -0.4 is 16.0 Å². The summed E-state index contributed by atoms with van der Waals surface area (Å²) in [4.78, 5) is 15.8. The van der Waals surface area contributed by atoms with Crippen LogP contribution in [0.25, 0.3) is 0 Å². The number of amides is 1. The number of hydrogen-bond acceptors (Lipinski definition) is 4. The number of hydrogen-bond donors (Lipinski definition) is 3. The Hall–Kier alpha value is -1.49. The van der Waals surface area contributed by atoms with Crippen LogP contribution in [0.2, 0.25) is 5.15 Å². The van der Waals surface area contributed by atoms with E-state index in [9.17, 15) is 4.79 Å². The predicted octanol–water partition coefficient (Wildman–Crippen LogP) is 0.932. The molecule has 3 N–H and O–H groups in total. The molecule has 0 atom stereocenters. The highest BCUT2D eigenvalue weighted by Crippen LogP contribution is 2.26. The van der Waals surface area contributed by atoms with E-state index in [2.05, 4.69) is 20.9 Å². The summed E-state index contributed by atoms with van der Waals surface area (Å²) in [6.45, 7) is 1.23. The summed E-state index contributed by atoms with van der Waals surface area (Å²) >= 11 is 5.84. The minimum atomic E-state index is -0.136. The first-order chi connectivity index (χ1) is 7.22. The predicted molar refractivity (Wildman–Crippen MR) is 59.6 cm³/mol. The van der Waals surface area contributed by atoms with E-state index in [-0.39, 0.29) is 5.91 Å². The van der Waals surface area contributed by atoms with Gasteiger partial charge in [-0.3, -0.25) is 4.79 Å². The van der Waals surface area contributed by atoms with Crippen molar-refractivity contribution in [2.24, 2.45) is 0 Å². The van der Waals surface area contributed by atoms with Crippen LogP contribution in [0.15, 0.2) is 6.07 Å². The lowest BCUT2D eigenvalue weighted by molar-refractivity contribution is 0.0958. The molecule has 1 amide bonds. The summed E-state index contributed by atoms with van der Waals surface area (Å²) in [5.41, 5.74) is 1.19. The Labute approximate surface area is 92.2 Å². The standard InChI is InChI=1S/C9H11ClN4O/c1-11-5-4-6(10)14-8-7(5)9(15)13-3-2-12-8/h4H,2-3H2,1H3,(H,13,15)(H2,11,12,14). The zero-order valence-corrected chi connectivity index (χ0v) is 8.98. The fraction of sp³-hybridized carbons (Fsp3) is 0.333. The SMILES string of the molecule is CNc1cc(Cl)nc2c1C(=O)NCCN2. The smallest absolute Gasteiger partial charge is 0.257 e. The van der Waals surface area contributed by atoms with Gasteiger partial charge >= 0.3 is 0 Å². The third-order valence-electron chi connectivity index (χ3n) is 2.19. The first kappa shape index (κ1) is 10.0. The quantitative estimate of drug-likeness (QED) is 0.624. The summed E-state index contributed by atoms with van der Waals surface area (Å²) in [7, 11) is 1.74. The molecule has 1 aliphatic rings. The average molecular weight is 227 g/mol. The van der Waals surface area contributed by atoms with Crippen molar-refractivity contribution in [2.45, 2.75) is 0 Å². The molecule has 2 rings (SSSR count). The summed E-state index contributed by atoms with van der Waals surface area (Å²) in [5.74, 6) is 0.394. The first-order valence-electron chi connectivity index (χ1n) is 4.62. The molecule has 0 saturated carbocycles. The van der Waals surface area contributed by atoms with Crippen molar-refractivity contribution in [1.82, 2.24) is 10.3 Å². The molecule has 0 radical (unpaired) electrons. The molecule has 5 nitrogen and oxygen atoms in total. The van der Waals surface area contributed by atoms with Crippen LogP contribution in [0.5, 0.6) is 0 Å². The van der Waals surface area contributed by atoms with Crippen molar-refractivity contribution in [3.8, 4) is 0 Å². The van der Waals surface area contributed by atoms with Crippen molar-refractivity contribution >= 4 is 29.0 Å². The van der Waals surface area contributed by atoms with Crippen molar-refractivity contribution in [2.75, 3.05) is 30.8 Å². The van der Waals surface area contributed by atoms with Crippen LogP contribution in [-0.4, -0.2) is 31.0 Å². The lowest BCUT2D eigenvalue weighted by Gasteiger charge is -2.10. The Balaban J connectivity index is 2.58. The van der Waals surface area contributed by atoms with Crippen LogP contribution in [0.1, 0.15) is 10.4 Å². The Bertz CT molecular complexity index is 407. The van der Waals surface area contributed by atoms with Crippen molar-refractivity contribution < 1.29 is 4.79 Å². The van der Waals surface area contributed by atoms with E-state index in [1.807, 2.05) is 0 Å². The summed E-state index contributed by atoms with van der Waals surface area (Å²) in [6.07, 6.45) is 0. The Kier molecular flexibility index (Phi) is 2.64. The van der Waals surface area contributed by atoms with Crippen LogP contribution in [0, 0.1) is 0 Å². The van der Waals surface area contributed by atoms with Gasteiger partial charge in [-0.25, -0.2) is 4.98 Å². The highest BCUT2D eigenvalue weighted by atomic mass is 35.5. The zero-order chi connectivity index (χ0) is 10.8. The van der Waals surface area contributed by atoms with E-state index in [0.29, 0.717) is 35.3 Å². The van der Waals surface area contributed by atoms with Gasteiger partial charge in [-0.15, -0.1) is 0 Å². The van der Waals surface area contributed by atoms with Crippen molar-refractivity contribution in [3.63, 3.8) is 0 Å². The van der Waals surface area contributed by atoms with Crippen LogP contribution in [0.4, 0.5) is 11.5 Å². The largest absolute Gasteiger partial charge is 0.387 e. The van der Waals surface area contributed by atoms with E-state index in [0.717, 1.165) is 0 Å². The molecule has 1 aliphatic heterocycles. The molecule has 80 valence electrons. The zero-order valence-electron chi connectivity index (χ0n) is 8.22. The molecule has 15 heavy (non-hydrogen) atoms. The topological polar surface area (TPSA) is 66.0 Å². The summed E-state index contributed by atoms with van der Waals surface area (Å²) in [5, 5.41) is 9.11. The number of nitrogens with zero attached hydrogens (tertiary/aromatic N) is 1. The van der Waals surface area contributed by atoms with Crippen molar-refractivity contribution in [1.29, 1.82) is 0 Å². The molecule has 1 aromatic rings. The minimum Gasteiger partial charge on any atom is -0.387 e. The van der Waals surface area contributed by atoms with Crippen molar-refractivity contribution in [3.05, 3.63) is 16.8 Å². The van der Waals surface area contributed by atoms with Gasteiger partial charge in [0.2, 0.25) is 0 Å². The van der Waals surface area contributed by atoms with Gasteiger partial charge in [0.15, 0.2) is 0 Å². The summed E-state index contributed by atoms with van der Waals surface area (Å²) < 4.78 is 0. The molecule has 0 fully saturated rings. The van der Waals surface area contributed by atoms with Gasteiger partial charge in [0.05, 0.1) is 5.69 Å². The highest BCUT2D eigenvalue weighted by Gasteiger charge is 2.20. The maximum atomic E-state index is 11.7. The van der Waals surface area contributed by atoms with E-state index in [4.69, 9.17) is 11.6 Å². The summed E-state index contributed by atoms with van der Waals surface area (Å²) in [6, 6.07) is 1.63. The molecule has 0 aliphatic carbocycles. The van der Waals surface area contributed by atoms with Gasteiger partial charge in [-0.2, -0.15) is 0 Å². The first-order valence-corrected chi connectivity index (χ1v) is 5.00. The molecule has 1 aromatic heterocycles. The molecule has 0 bridgehead atoms. The van der Waals surface area contributed by atoms with Crippen LogP contribution in [-0.2, 0) is 0 Å². The van der Waals surface area contributed by atoms with E-state index < -0.39 is 0 Å². The Morgan fingerprint density at radius 3 is 2.93 bits per heavy atom. The number of fused-ring (bicyclic) bond motifs is 1. The van der Waals surface area contributed by atoms with Crippen LogP contribution in [0.3, 0.4) is 0 Å². The number of rotatable bonds is 1. The highest BCUT2D eigenvalue weighted by molar-refractivity contribution is 6.30. The molecule has 6 heteroatoms. The molecule has 2 heterocycles. The van der Waals surface area contributed by atoms with Gasteiger partial charge in [0, 0.05) is 20.1 Å². The van der Waals surface area contributed by atoms with Crippen LogP contribution >= 0.6 is 11.6 Å². The van der Waals surface area contributed by atoms with E-state index >= 15 is 0 Å². The van der Waals surface area contributed by atoms with E-state index in [1.54, 1.807) is 13.1 Å². The molecular formula is C9H11ClN4O. The normalized spacial score (nSPS) is 14.7. The maximum absolute atomic E-state index is 11.7. The van der Waals surface area contributed by atoms with Gasteiger partial charge < -0.3 is 16.0 Å². The number of carbonyl (C=O) groups is 1. The monoisotopic (exact) mass is 226 g/mol. The van der Waals surface area contributed by atoms with E-state index in [1.165, 1.54) is 0 Å². The number of nitrogens with one attached hydrogen (secondary N) is 3. The Morgan fingerprint density at radius 2 is 2.20 bits per heavy atom. The third kappa shape index (κ3) is 1.83. The number of carbonyl (C=O) groups excluding carboxylic acids is 1. The number of halogens is 1. The molecular weight excluding hydrogens is 216 g/mol. The Morgan fingerprint density at radius 1 is 1.47 bits per heavy atom. The van der Waals surface area contributed by atoms with Gasteiger partial charge in [0.1, 0.15) is 16.5 Å². The lowest BCUT2D eigenvalue weighted by atomic mass is 10.2. The second-order valence-corrected chi connectivity index (χ2v) is 3.54. The molecule has 0 aromatic carbocycles. The van der Waals surface area contributed by atoms with Gasteiger partial charge in [0.25, 0.3) is 5.91 Å². The maximum Gasteiger partial charge on any atom is 0.257 e. The second kappa shape index (κ2) is 3.94. The molecule has 0 unspecified atom stereocenters. The lowest BCUT2D eigenvalue weighted by Crippen LogP contribution is -2.25. The van der Waals surface area contributed by atoms with Gasteiger partial charge in [-0.05, 0) is 6.07 Å². The number of pyridine rings is 1. The second-order valence-electron chi connectivity index (χ2n) is 3.15. The average Bonchev–Trinajstić information content (AvgIpc) is 2.39. The number of anilines is 2. The van der Waals surface area contributed by atoms with Gasteiger partial charge in [-0.1, -0.05) is 11.6 Å². The number of aromatic nitrogens is 1.